The van der Waals surface area contributed by atoms with Crippen LogP contribution in [0.3, 0.4) is 0 Å². The summed E-state index contributed by atoms with van der Waals surface area (Å²) in [6.45, 7) is 5.13. The van der Waals surface area contributed by atoms with Gasteiger partial charge in [-0.1, -0.05) is 29.5 Å². The highest BCUT2D eigenvalue weighted by Crippen LogP contribution is 2.31. The number of hydrogen-bond acceptors (Lipinski definition) is 7. The van der Waals surface area contributed by atoms with E-state index in [1.165, 1.54) is 11.3 Å². The number of amides is 3. The van der Waals surface area contributed by atoms with E-state index in [1.807, 2.05) is 18.2 Å². The first-order chi connectivity index (χ1) is 14.6. The summed E-state index contributed by atoms with van der Waals surface area (Å²) in [5, 5.41) is 14.8. The van der Waals surface area contributed by atoms with Gasteiger partial charge in [0.15, 0.2) is 0 Å². The van der Waals surface area contributed by atoms with Crippen molar-refractivity contribution in [2.75, 3.05) is 43.0 Å². The largest absolute Gasteiger partial charge is 0.371 e. The summed E-state index contributed by atoms with van der Waals surface area (Å²) < 4.78 is 5.59. The van der Waals surface area contributed by atoms with Crippen molar-refractivity contribution in [1.82, 2.24) is 20.4 Å². The molecule has 2 fully saturated rings. The molecule has 2 aliphatic heterocycles. The Morgan fingerprint density at radius 1 is 1.17 bits per heavy atom. The number of rotatable bonds is 5. The summed E-state index contributed by atoms with van der Waals surface area (Å²) in [6.07, 6.45) is 1.90. The van der Waals surface area contributed by atoms with Crippen molar-refractivity contribution in [3.05, 3.63) is 35.3 Å². The SMILES string of the molecule is C[C@@H](NC(=O)N1CCN(c2ccccc2)CC1)C(=O)Nc1nnc([C@H]2CCCO2)s1. The number of benzene rings is 1. The molecule has 2 atom stereocenters. The van der Waals surface area contributed by atoms with Gasteiger partial charge in [0, 0.05) is 38.5 Å². The van der Waals surface area contributed by atoms with Crippen LogP contribution >= 0.6 is 11.3 Å². The second-order valence-electron chi connectivity index (χ2n) is 7.42. The lowest BCUT2D eigenvalue weighted by molar-refractivity contribution is -0.117. The van der Waals surface area contributed by atoms with E-state index in [0.29, 0.717) is 18.2 Å². The molecule has 9 nitrogen and oxygen atoms in total. The quantitative estimate of drug-likeness (QED) is 0.755. The van der Waals surface area contributed by atoms with Crippen LogP contribution in [-0.2, 0) is 9.53 Å². The van der Waals surface area contributed by atoms with Gasteiger partial charge in [-0.3, -0.25) is 10.1 Å². The van der Waals surface area contributed by atoms with Gasteiger partial charge in [-0.2, -0.15) is 0 Å². The lowest BCUT2D eigenvalue weighted by Crippen LogP contribution is -2.54. The minimum atomic E-state index is -0.681. The van der Waals surface area contributed by atoms with E-state index in [0.717, 1.165) is 43.2 Å². The van der Waals surface area contributed by atoms with Crippen molar-refractivity contribution in [1.29, 1.82) is 0 Å². The molecule has 0 radical (unpaired) electrons. The maximum atomic E-state index is 12.6. The second-order valence-corrected chi connectivity index (χ2v) is 8.43. The van der Waals surface area contributed by atoms with E-state index in [9.17, 15) is 9.59 Å². The molecule has 3 heterocycles. The minimum Gasteiger partial charge on any atom is -0.371 e. The Morgan fingerprint density at radius 3 is 2.63 bits per heavy atom. The van der Waals surface area contributed by atoms with Crippen molar-refractivity contribution in [2.24, 2.45) is 0 Å². The van der Waals surface area contributed by atoms with Gasteiger partial charge in [-0.25, -0.2) is 4.79 Å². The molecule has 4 rings (SSSR count). The monoisotopic (exact) mass is 430 g/mol. The number of para-hydroxylation sites is 1. The number of carbonyl (C=O) groups is 2. The highest BCUT2D eigenvalue weighted by Gasteiger charge is 2.26. The smallest absolute Gasteiger partial charge is 0.318 e. The summed E-state index contributed by atoms with van der Waals surface area (Å²) in [5.41, 5.74) is 1.16. The number of anilines is 2. The standard InChI is InChI=1S/C20H26N6O3S/c1-14(17(27)22-19-24-23-18(30-19)16-8-5-13-29-16)21-20(28)26-11-9-25(10-12-26)15-6-3-2-4-7-15/h2-4,6-7,14,16H,5,8-13H2,1H3,(H,21,28)(H,22,24,27)/t14-,16-/m1/s1. The number of carbonyl (C=O) groups excluding carboxylic acids is 2. The maximum absolute atomic E-state index is 12.6. The molecule has 0 aliphatic carbocycles. The summed E-state index contributed by atoms with van der Waals surface area (Å²) >= 11 is 1.31. The van der Waals surface area contributed by atoms with E-state index in [-0.39, 0.29) is 18.0 Å². The second kappa shape index (κ2) is 9.40. The molecular weight excluding hydrogens is 404 g/mol. The van der Waals surface area contributed by atoms with E-state index >= 15 is 0 Å². The fourth-order valence-corrected chi connectivity index (χ4v) is 4.38. The highest BCUT2D eigenvalue weighted by atomic mass is 32.1. The molecule has 2 aromatic rings. The van der Waals surface area contributed by atoms with Gasteiger partial charge < -0.3 is 19.9 Å². The minimum absolute atomic E-state index is 0.0279. The Bertz CT molecular complexity index is 862. The van der Waals surface area contributed by atoms with Crippen molar-refractivity contribution in [3.63, 3.8) is 0 Å². The molecule has 160 valence electrons. The first-order valence-electron chi connectivity index (χ1n) is 10.2. The Hall–Kier alpha value is -2.72. The van der Waals surface area contributed by atoms with Crippen LogP contribution < -0.4 is 15.5 Å². The molecule has 2 saturated heterocycles. The van der Waals surface area contributed by atoms with Gasteiger partial charge in [0.05, 0.1) is 0 Å². The summed E-state index contributed by atoms with van der Waals surface area (Å²) in [6, 6.07) is 9.24. The van der Waals surface area contributed by atoms with E-state index in [4.69, 9.17) is 4.74 Å². The van der Waals surface area contributed by atoms with Crippen LogP contribution in [0.5, 0.6) is 0 Å². The molecular formula is C20H26N6O3S. The van der Waals surface area contributed by atoms with E-state index < -0.39 is 6.04 Å². The molecule has 1 aromatic heterocycles. The first-order valence-corrected chi connectivity index (χ1v) is 11.0. The third kappa shape index (κ3) is 4.88. The molecule has 10 heteroatoms. The zero-order chi connectivity index (χ0) is 20.9. The lowest BCUT2D eigenvalue weighted by atomic mass is 10.2. The third-order valence-corrected chi connectivity index (χ3v) is 6.23. The molecule has 3 amide bonds. The molecule has 0 saturated carbocycles. The Labute approximate surface area is 179 Å². The molecule has 2 aliphatic rings. The Balaban J connectivity index is 1.24. The number of piperazine rings is 1. The number of urea groups is 1. The number of nitrogens with zero attached hydrogens (tertiary/aromatic N) is 4. The number of hydrogen-bond donors (Lipinski definition) is 2. The fraction of sp³-hybridized carbons (Fsp3) is 0.500. The van der Waals surface area contributed by atoms with Gasteiger partial charge in [0.2, 0.25) is 11.0 Å². The van der Waals surface area contributed by atoms with Crippen molar-refractivity contribution < 1.29 is 14.3 Å². The molecule has 0 unspecified atom stereocenters. The zero-order valence-corrected chi connectivity index (χ0v) is 17.7. The van der Waals surface area contributed by atoms with Crippen molar-refractivity contribution in [2.45, 2.75) is 31.9 Å². The molecule has 1 aromatic carbocycles. The van der Waals surface area contributed by atoms with Crippen LogP contribution in [-0.4, -0.2) is 65.9 Å². The molecule has 0 spiro atoms. The van der Waals surface area contributed by atoms with Crippen LogP contribution in [0, 0.1) is 0 Å². The van der Waals surface area contributed by atoms with Gasteiger partial charge in [-0.15, -0.1) is 10.2 Å². The maximum Gasteiger partial charge on any atom is 0.318 e. The predicted octanol–water partition coefficient (Wildman–Crippen LogP) is 2.25. The van der Waals surface area contributed by atoms with Crippen LogP contribution in [0.1, 0.15) is 30.9 Å². The van der Waals surface area contributed by atoms with E-state index in [2.05, 4.69) is 37.9 Å². The summed E-state index contributed by atoms with van der Waals surface area (Å²) in [4.78, 5) is 29.0. The van der Waals surface area contributed by atoms with Gasteiger partial charge in [-0.05, 0) is 31.9 Å². The average Bonchev–Trinajstić information content (AvgIpc) is 3.46. The van der Waals surface area contributed by atoms with Gasteiger partial charge >= 0.3 is 6.03 Å². The predicted molar refractivity (Wildman–Crippen MR) is 115 cm³/mol. The topological polar surface area (TPSA) is 99.7 Å². The zero-order valence-electron chi connectivity index (χ0n) is 16.9. The van der Waals surface area contributed by atoms with E-state index in [1.54, 1.807) is 11.8 Å². The lowest BCUT2D eigenvalue weighted by Gasteiger charge is -2.36. The third-order valence-electron chi connectivity index (χ3n) is 5.30. The number of ether oxygens (including phenoxy) is 1. The summed E-state index contributed by atoms with van der Waals surface area (Å²) in [7, 11) is 0. The molecule has 0 bridgehead atoms. The Morgan fingerprint density at radius 2 is 1.93 bits per heavy atom. The van der Waals surface area contributed by atoms with Gasteiger partial charge in [0.25, 0.3) is 0 Å². The van der Waals surface area contributed by atoms with Gasteiger partial charge in [0.1, 0.15) is 17.2 Å². The van der Waals surface area contributed by atoms with Crippen molar-refractivity contribution in [3.8, 4) is 0 Å². The van der Waals surface area contributed by atoms with Crippen molar-refractivity contribution >= 4 is 34.1 Å². The normalized spacial score (nSPS) is 20.1. The van der Waals surface area contributed by atoms with Crippen LogP contribution in [0.4, 0.5) is 15.6 Å². The Kier molecular flexibility index (Phi) is 6.44. The van der Waals surface area contributed by atoms with Crippen LogP contribution in [0.25, 0.3) is 0 Å². The van der Waals surface area contributed by atoms with Crippen LogP contribution in [0.15, 0.2) is 30.3 Å². The fourth-order valence-electron chi connectivity index (χ4n) is 3.55. The number of nitrogens with one attached hydrogen (secondary N) is 2. The van der Waals surface area contributed by atoms with Crippen LogP contribution in [0.2, 0.25) is 0 Å². The molecule has 2 N–H and O–H groups in total. The molecule has 30 heavy (non-hydrogen) atoms. The summed E-state index contributed by atoms with van der Waals surface area (Å²) in [5.74, 6) is -0.318. The average molecular weight is 431 g/mol. The highest BCUT2D eigenvalue weighted by molar-refractivity contribution is 7.15. The first kappa shape index (κ1) is 20.5. The number of aromatic nitrogens is 2.